The number of para-hydroxylation sites is 6. The third-order valence-corrected chi connectivity index (χ3v) is 13.9. The molecule has 3 heteroatoms. The maximum atomic E-state index is 6.48. The van der Waals surface area contributed by atoms with Crippen molar-refractivity contribution in [3.63, 3.8) is 0 Å². The smallest absolute Gasteiger partial charge is 0.143 e. The van der Waals surface area contributed by atoms with Crippen LogP contribution in [0.15, 0.2) is 253 Å². The van der Waals surface area contributed by atoms with Gasteiger partial charge >= 0.3 is 0 Å². The van der Waals surface area contributed by atoms with Crippen LogP contribution in [0.1, 0.15) is 17.7 Å². The van der Waals surface area contributed by atoms with E-state index in [1.165, 1.54) is 38.9 Å². The summed E-state index contributed by atoms with van der Waals surface area (Å²) in [6.07, 6.45) is 6.73. The van der Waals surface area contributed by atoms with E-state index in [-0.39, 0.29) is 0 Å². The standard InChI is InChI=1S/C66H46N2O/c1-2-18-45(19-3-1)46-36-38-48(39-37-46)52-22-4-10-30-60(52)67(51-42-40-47(41-43-51)49-20-16-21-50(44-49)53-28-17-29-59-58-27-9-15-35-65(58)69-66(53)59)61-31-11-5-23-54(61)55-24-6-12-32-62(55)68-63-33-13-7-25-56(63)57-26-8-14-34-64(57)68/h1-7,9-25,27-44H,8,26H2. The molecule has 2 aromatic heterocycles. The van der Waals surface area contributed by atoms with Gasteiger partial charge in [-0.25, -0.2) is 0 Å². The maximum Gasteiger partial charge on any atom is 0.143 e. The summed E-state index contributed by atoms with van der Waals surface area (Å²) in [6, 6.07) is 87.8. The molecule has 0 bridgehead atoms. The Hall–Kier alpha value is -8.92. The zero-order chi connectivity index (χ0) is 45.7. The van der Waals surface area contributed by atoms with Crippen LogP contribution in [0.4, 0.5) is 17.1 Å². The molecule has 0 aliphatic heterocycles. The van der Waals surface area contributed by atoms with Crippen LogP contribution < -0.4 is 4.90 Å². The molecular formula is C66H46N2O. The van der Waals surface area contributed by atoms with Gasteiger partial charge in [-0.05, 0) is 106 Å². The normalized spacial score (nSPS) is 12.2. The minimum atomic E-state index is 0.904. The third-order valence-electron chi connectivity index (χ3n) is 13.9. The summed E-state index contributed by atoms with van der Waals surface area (Å²) in [5.41, 5.74) is 21.6. The van der Waals surface area contributed by atoms with Crippen molar-refractivity contribution >= 4 is 56.0 Å². The van der Waals surface area contributed by atoms with Crippen LogP contribution in [0.3, 0.4) is 0 Å². The predicted molar refractivity (Wildman–Crippen MR) is 290 cm³/mol. The number of hydrogen-bond acceptors (Lipinski definition) is 2. The highest BCUT2D eigenvalue weighted by atomic mass is 16.3. The Morgan fingerprint density at radius 3 is 1.80 bits per heavy atom. The molecule has 0 spiro atoms. The Balaban J connectivity index is 0.961. The van der Waals surface area contributed by atoms with E-state index in [0.29, 0.717) is 0 Å². The summed E-state index contributed by atoms with van der Waals surface area (Å²) < 4.78 is 8.96. The zero-order valence-electron chi connectivity index (χ0n) is 38.0. The number of allylic oxidation sites excluding steroid dienone is 1. The first-order valence-corrected chi connectivity index (χ1v) is 23.9. The number of furan rings is 1. The summed E-state index contributed by atoms with van der Waals surface area (Å²) in [5.74, 6) is 0. The van der Waals surface area contributed by atoms with E-state index in [9.17, 15) is 0 Å². The van der Waals surface area contributed by atoms with Crippen LogP contribution in [0.25, 0.3) is 100 Å². The first kappa shape index (κ1) is 40.4. The molecule has 1 aliphatic carbocycles. The molecule has 10 aromatic carbocycles. The van der Waals surface area contributed by atoms with Crippen LogP contribution in [0.2, 0.25) is 0 Å². The quantitative estimate of drug-likeness (QED) is 0.144. The summed E-state index contributed by atoms with van der Waals surface area (Å²) in [6.45, 7) is 0. The molecular weight excluding hydrogens is 837 g/mol. The lowest BCUT2D eigenvalue weighted by atomic mass is 9.95. The second kappa shape index (κ2) is 17.1. The van der Waals surface area contributed by atoms with E-state index < -0.39 is 0 Å². The van der Waals surface area contributed by atoms with Crippen LogP contribution in [0.5, 0.6) is 0 Å². The van der Waals surface area contributed by atoms with Gasteiger partial charge in [0.15, 0.2) is 0 Å². The number of nitrogens with zero attached hydrogens (tertiary/aromatic N) is 2. The van der Waals surface area contributed by atoms with E-state index in [4.69, 9.17) is 4.42 Å². The molecule has 0 N–H and O–H groups in total. The fourth-order valence-corrected chi connectivity index (χ4v) is 10.7. The summed E-state index contributed by atoms with van der Waals surface area (Å²) in [7, 11) is 0. The second-order valence-corrected chi connectivity index (χ2v) is 17.9. The molecule has 326 valence electrons. The SMILES string of the molecule is C1=Cc2c(c3ccccc3n2-c2ccccc2-c2ccccc2N(c2ccc(-c3cccc(-c4cccc5c4oc4ccccc45)c3)cc2)c2ccccc2-c2ccc(-c3ccccc3)cc2)CC1. The number of aryl methyl sites for hydroxylation is 1. The number of rotatable bonds is 9. The first-order valence-electron chi connectivity index (χ1n) is 23.9. The van der Waals surface area contributed by atoms with Crippen molar-refractivity contribution in [2.45, 2.75) is 12.8 Å². The molecule has 0 atom stereocenters. The number of hydrogen-bond donors (Lipinski definition) is 0. The van der Waals surface area contributed by atoms with Gasteiger partial charge in [-0.2, -0.15) is 0 Å². The van der Waals surface area contributed by atoms with E-state index >= 15 is 0 Å². The van der Waals surface area contributed by atoms with E-state index in [1.54, 1.807) is 0 Å². The maximum absolute atomic E-state index is 6.48. The molecule has 0 fully saturated rings. The van der Waals surface area contributed by atoms with Crippen molar-refractivity contribution < 1.29 is 4.42 Å². The Morgan fingerprint density at radius 1 is 0.391 bits per heavy atom. The fourth-order valence-electron chi connectivity index (χ4n) is 10.7. The van der Waals surface area contributed by atoms with Crippen LogP contribution in [0, 0.1) is 0 Å². The molecule has 0 unspecified atom stereocenters. The Kier molecular flexibility index (Phi) is 9.98. The first-order chi connectivity index (χ1) is 34.2. The lowest BCUT2D eigenvalue weighted by Crippen LogP contribution is -2.13. The largest absolute Gasteiger partial charge is 0.455 e. The average Bonchev–Trinajstić information content (AvgIpc) is 3.98. The number of fused-ring (bicyclic) bond motifs is 6. The molecule has 0 radical (unpaired) electrons. The second-order valence-electron chi connectivity index (χ2n) is 17.9. The van der Waals surface area contributed by atoms with E-state index in [1.807, 2.05) is 12.1 Å². The molecule has 0 amide bonds. The minimum Gasteiger partial charge on any atom is -0.455 e. The van der Waals surface area contributed by atoms with E-state index in [0.717, 1.165) is 96.5 Å². The van der Waals surface area contributed by atoms with Gasteiger partial charge in [-0.3, -0.25) is 0 Å². The molecule has 12 aromatic rings. The van der Waals surface area contributed by atoms with Crippen molar-refractivity contribution in [3.8, 4) is 61.3 Å². The van der Waals surface area contributed by atoms with Gasteiger partial charge in [0, 0.05) is 49.8 Å². The number of aromatic nitrogens is 1. The van der Waals surface area contributed by atoms with Crippen molar-refractivity contribution in [3.05, 3.63) is 260 Å². The highest BCUT2D eigenvalue weighted by molar-refractivity contribution is 6.09. The molecule has 0 saturated heterocycles. The van der Waals surface area contributed by atoms with Gasteiger partial charge in [0.25, 0.3) is 0 Å². The lowest BCUT2D eigenvalue weighted by Gasteiger charge is -2.30. The monoisotopic (exact) mass is 882 g/mol. The summed E-state index contributed by atoms with van der Waals surface area (Å²) in [5, 5.41) is 3.59. The number of benzene rings is 10. The van der Waals surface area contributed by atoms with Crippen molar-refractivity contribution in [1.29, 1.82) is 0 Å². The molecule has 13 rings (SSSR count). The molecule has 69 heavy (non-hydrogen) atoms. The van der Waals surface area contributed by atoms with Crippen LogP contribution in [-0.4, -0.2) is 4.57 Å². The summed E-state index contributed by atoms with van der Waals surface area (Å²) in [4.78, 5) is 2.46. The topological polar surface area (TPSA) is 21.3 Å². The lowest BCUT2D eigenvalue weighted by molar-refractivity contribution is 0.670. The zero-order valence-corrected chi connectivity index (χ0v) is 38.0. The van der Waals surface area contributed by atoms with Gasteiger partial charge in [-0.1, -0.05) is 200 Å². The molecule has 2 heterocycles. The molecule has 1 aliphatic rings. The molecule has 0 saturated carbocycles. The van der Waals surface area contributed by atoms with Crippen molar-refractivity contribution in [1.82, 2.24) is 4.57 Å². The Labute approximate surface area is 402 Å². The van der Waals surface area contributed by atoms with Crippen LogP contribution in [-0.2, 0) is 6.42 Å². The highest BCUT2D eigenvalue weighted by Gasteiger charge is 2.25. The predicted octanol–water partition coefficient (Wildman–Crippen LogP) is 18.3. The van der Waals surface area contributed by atoms with Gasteiger partial charge in [-0.15, -0.1) is 0 Å². The highest BCUT2D eigenvalue weighted by Crippen LogP contribution is 2.47. The average molecular weight is 883 g/mol. The number of anilines is 3. The Morgan fingerprint density at radius 2 is 0.957 bits per heavy atom. The van der Waals surface area contributed by atoms with Crippen LogP contribution >= 0.6 is 0 Å². The van der Waals surface area contributed by atoms with Gasteiger partial charge in [0.1, 0.15) is 11.2 Å². The van der Waals surface area contributed by atoms with Gasteiger partial charge in [0.05, 0.1) is 22.6 Å². The third kappa shape index (κ3) is 7.06. The van der Waals surface area contributed by atoms with E-state index in [2.05, 4.69) is 252 Å². The minimum absolute atomic E-state index is 0.904. The van der Waals surface area contributed by atoms with Crippen molar-refractivity contribution in [2.24, 2.45) is 0 Å². The Bertz CT molecular complexity index is 3890. The summed E-state index contributed by atoms with van der Waals surface area (Å²) >= 11 is 0. The van der Waals surface area contributed by atoms with Gasteiger partial charge in [0.2, 0.25) is 0 Å². The van der Waals surface area contributed by atoms with Gasteiger partial charge < -0.3 is 13.9 Å². The fraction of sp³-hybridized carbons (Fsp3) is 0.0303. The molecule has 3 nitrogen and oxygen atoms in total. The van der Waals surface area contributed by atoms with Crippen molar-refractivity contribution in [2.75, 3.05) is 4.90 Å².